The second-order valence-corrected chi connectivity index (χ2v) is 5.64. The van der Waals surface area contributed by atoms with E-state index in [1.54, 1.807) is 0 Å². The van der Waals surface area contributed by atoms with Crippen molar-refractivity contribution in [3.8, 4) is 5.75 Å². The third-order valence-electron chi connectivity index (χ3n) is 4.04. The SMILES string of the molecule is CN1CCC(C(CN)COc2ccc(C(F)(F)F)cc2)C1. The summed E-state index contributed by atoms with van der Waals surface area (Å²) in [6.45, 7) is 3.03. The van der Waals surface area contributed by atoms with Crippen LogP contribution in [0.25, 0.3) is 0 Å². The minimum absolute atomic E-state index is 0.234. The molecule has 1 aromatic rings. The minimum Gasteiger partial charge on any atom is -0.493 e. The van der Waals surface area contributed by atoms with Crippen molar-refractivity contribution in [2.75, 3.05) is 33.3 Å². The lowest BCUT2D eigenvalue weighted by atomic mass is 9.92. The van der Waals surface area contributed by atoms with E-state index in [4.69, 9.17) is 10.5 Å². The number of rotatable bonds is 5. The first-order valence-corrected chi connectivity index (χ1v) is 7.09. The normalized spacial score (nSPS) is 21.5. The lowest BCUT2D eigenvalue weighted by Crippen LogP contribution is -2.30. The van der Waals surface area contributed by atoms with Crippen LogP contribution in [0.1, 0.15) is 12.0 Å². The summed E-state index contributed by atoms with van der Waals surface area (Å²) >= 11 is 0. The molecule has 0 bridgehead atoms. The molecule has 0 aromatic heterocycles. The topological polar surface area (TPSA) is 38.5 Å². The molecule has 3 nitrogen and oxygen atoms in total. The van der Waals surface area contributed by atoms with E-state index >= 15 is 0 Å². The van der Waals surface area contributed by atoms with Crippen molar-refractivity contribution in [2.24, 2.45) is 17.6 Å². The Morgan fingerprint density at radius 1 is 1.33 bits per heavy atom. The molecule has 118 valence electrons. The number of hydrogen-bond acceptors (Lipinski definition) is 3. The number of halogens is 3. The standard InChI is InChI=1S/C15H21F3N2O/c1-20-7-6-11(9-20)12(8-19)10-21-14-4-2-13(3-5-14)15(16,17)18/h2-5,11-12H,6-10,19H2,1H3. The molecule has 1 aliphatic rings. The zero-order chi connectivity index (χ0) is 15.5. The predicted octanol–water partition coefficient (Wildman–Crippen LogP) is 2.61. The Bertz CT molecular complexity index is 447. The summed E-state index contributed by atoms with van der Waals surface area (Å²) in [5.41, 5.74) is 5.13. The Kier molecular flexibility index (Phi) is 5.11. The second kappa shape index (κ2) is 6.66. The molecule has 1 saturated heterocycles. The molecule has 1 heterocycles. The quantitative estimate of drug-likeness (QED) is 0.908. The Balaban J connectivity index is 1.89. The summed E-state index contributed by atoms with van der Waals surface area (Å²) in [6.07, 6.45) is -3.22. The smallest absolute Gasteiger partial charge is 0.416 e. The average molecular weight is 302 g/mol. The van der Waals surface area contributed by atoms with Crippen LogP contribution in [-0.2, 0) is 6.18 Å². The molecule has 21 heavy (non-hydrogen) atoms. The Hall–Kier alpha value is -1.27. The van der Waals surface area contributed by atoms with Gasteiger partial charge in [0.05, 0.1) is 12.2 Å². The molecule has 0 aliphatic carbocycles. The molecular formula is C15H21F3N2O. The lowest BCUT2D eigenvalue weighted by molar-refractivity contribution is -0.137. The second-order valence-electron chi connectivity index (χ2n) is 5.64. The fourth-order valence-corrected chi connectivity index (χ4v) is 2.69. The summed E-state index contributed by atoms with van der Waals surface area (Å²) in [5, 5.41) is 0. The van der Waals surface area contributed by atoms with Gasteiger partial charge in [0.1, 0.15) is 5.75 Å². The molecule has 1 aliphatic heterocycles. The van der Waals surface area contributed by atoms with Gasteiger partial charge in [-0.3, -0.25) is 0 Å². The Labute approximate surface area is 122 Å². The van der Waals surface area contributed by atoms with Crippen LogP contribution < -0.4 is 10.5 Å². The highest BCUT2D eigenvalue weighted by atomic mass is 19.4. The molecule has 0 radical (unpaired) electrons. The molecule has 0 spiro atoms. The van der Waals surface area contributed by atoms with Gasteiger partial charge in [0.15, 0.2) is 0 Å². The van der Waals surface area contributed by atoms with Crippen LogP contribution in [0.5, 0.6) is 5.75 Å². The number of likely N-dealkylation sites (tertiary alicyclic amines) is 1. The highest BCUT2D eigenvalue weighted by Gasteiger charge is 2.30. The molecule has 0 saturated carbocycles. The number of hydrogen-bond donors (Lipinski definition) is 1. The zero-order valence-corrected chi connectivity index (χ0v) is 12.1. The van der Waals surface area contributed by atoms with Gasteiger partial charge in [0.25, 0.3) is 0 Å². The first-order chi connectivity index (χ1) is 9.90. The van der Waals surface area contributed by atoms with E-state index in [0.717, 1.165) is 31.6 Å². The van der Waals surface area contributed by atoms with Crippen LogP contribution in [0.2, 0.25) is 0 Å². The van der Waals surface area contributed by atoms with Crippen LogP contribution in [0, 0.1) is 11.8 Å². The average Bonchev–Trinajstić information content (AvgIpc) is 2.86. The van der Waals surface area contributed by atoms with Gasteiger partial charge in [-0.25, -0.2) is 0 Å². The monoisotopic (exact) mass is 302 g/mol. The van der Waals surface area contributed by atoms with Crippen molar-refractivity contribution in [1.82, 2.24) is 4.90 Å². The van der Waals surface area contributed by atoms with E-state index in [2.05, 4.69) is 11.9 Å². The number of ether oxygens (including phenoxy) is 1. The fourth-order valence-electron chi connectivity index (χ4n) is 2.69. The van der Waals surface area contributed by atoms with Crippen molar-refractivity contribution in [2.45, 2.75) is 12.6 Å². The van der Waals surface area contributed by atoms with Crippen LogP contribution in [0.15, 0.2) is 24.3 Å². The van der Waals surface area contributed by atoms with E-state index in [-0.39, 0.29) is 5.92 Å². The van der Waals surface area contributed by atoms with Gasteiger partial charge in [0.2, 0.25) is 0 Å². The summed E-state index contributed by atoms with van der Waals surface area (Å²) in [6, 6.07) is 4.79. The maximum Gasteiger partial charge on any atom is 0.416 e. The summed E-state index contributed by atoms with van der Waals surface area (Å²) in [7, 11) is 2.07. The molecule has 2 unspecified atom stereocenters. The Morgan fingerprint density at radius 2 is 2.00 bits per heavy atom. The lowest BCUT2D eigenvalue weighted by Gasteiger charge is -2.22. The molecule has 1 aromatic carbocycles. The molecule has 6 heteroatoms. The molecular weight excluding hydrogens is 281 g/mol. The molecule has 2 N–H and O–H groups in total. The minimum atomic E-state index is -4.31. The zero-order valence-electron chi connectivity index (χ0n) is 12.1. The molecule has 2 atom stereocenters. The first kappa shape index (κ1) is 16.1. The van der Waals surface area contributed by atoms with Crippen LogP contribution in [-0.4, -0.2) is 38.2 Å². The van der Waals surface area contributed by atoms with Gasteiger partial charge in [-0.15, -0.1) is 0 Å². The van der Waals surface area contributed by atoms with Crippen molar-refractivity contribution in [3.05, 3.63) is 29.8 Å². The number of benzene rings is 1. The highest BCUT2D eigenvalue weighted by Crippen LogP contribution is 2.30. The van der Waals surface area contributed by atoms with Gasteiger partial charge in [0, 0.05) is 12.5 Å². The Morgan fingerprint density at radius 3 is 2.48 bits per heavy atom. The van der Waals surface area contributed by atoms with Gasteiger partial charge < -0.3 is 15.4 Å². The van der Waals surface area contributed by atoms with Crippen molar-refractivity contribution in [3.63, 3.8) is 0 Å². The van der Waals surface area contributed by atoms with Gasteiger partial charge in [-0.2, -0.15) is 13.2 Å². The summed E-state index contributed by atoms with van der Waals surface area (Å²) in [5.74, 6) is 1.18. The van der Waals surface area contributed by atoms with Gasteiger partial charge >= 0.3 is 6.18 Å². The predicted molar refractivity (Wildman–Crippen MR) is 75.1 cm³/mol. The number of nitrogens with two attached hydrogens (primary N) is 1. The van der Waals surface area contributed by atoms with E-state index < -0.39 is 11.7 Å². The van der Waals surface area contributed by atoms with E-state index in [9.17, 15) is 13.2 Å². The molecule has 2 rings (SSSR count). The van der Waals surface area contributed by atoms with Gasteiger partial charge in [-0.05, 0) is 56.7 Å². The maximum atomic E-state index is 12.5. The van der Waals surface area contributed by atoms with Crippen LogP contribution in [0.3, 0.4) is 0 Å². The van der Waals surface area contributed by atoms with Crippen molar-refractivity contribution >= 4 is 0 Å². The fraction of sp³-hybridized carbons (Fsp3) is 0.600. The van der Waals surface area contributed by atoms with Crippen LogP contribution in [0.4, 0.5) is 13.2 Å². The maximum absolute atomic E-state index is 12.5. The number of alkyl halides is 3. The van der Waals surface area contributed by atoms with Crippen LogP contribution >= 0.6 is 0 Å². The van der Waals surface area contributed by atoms with E-state index in [1.807, 2.05) is 0 Å². The van der Waals surface area contributed by atoms with Gasteiger partial charge in [-0.1, -0.05) is 0 Å². The third kappa shape index (κ3) is 4.35. The summed E-state index contributed by atoms with van der Waals surface area (Å²) < 4.78 is 43.0. The molecule has 0 amide bonds. The largest absolute Gasteiger partial charge is 0.493 e. The van der Waals surface area contributed by atoms with Crippen molar-refractivity contribution in [1.29, 1.82) is 0 Å². The molecule has 1 fully saturated rings. The third-order valence-corrected chi connectivity index (χ3v) is 4.04. The van der Waals surface area contributed by atoms with E-state index in [0.29, 0.717) is 24.8 Å². The first-order valence-electron chi connectivity index (χ1n) is 7.09. The highest BCUT2D eigenvalue weighted by molar-refractivity contribution is 5.28. The van der Waals surface area contributed by atoms with E-state index in [1.165, 1.54) is 12.1 Å². The van der Waals surface area contributed by atoms with Crippen molar-refractivity contribution < 1.29 is 17.9 Å². The number of nitrogens with zero attached hydrogens (tertiary/aromatic N) is 1. The summed E-state index contributed by atoms with van der Waals surface area (Å²) in [4.78, 5) is 2.26.